The van der Waals surface area contributed by atoms with Crippen molar-refractivity contribution in [3.8, 4) is 0 Å². The molecule has 1 unspecified atom stereocenters. The zero-order chi connectivity index (χ0) is 17.0. The highest BCUT2D eigenvalue weighted by atomic mass is 14.3. The first-order chi connectivity index (χ1) is 11.0. The number of hydrogen-bond donors (Lipinski definition) is 0. The molecule has 0 aromatic heterocycles. The van der Waals surface area contributed by atoms with Gasteiger partial charge in [-0.05, 0) is 23.3 Å². The molecule has 0 N–H and O–H groups in total. The summed E-state index contributed by atoms with van der Waals surface area (Å²) in [5, 5.41) is 0. The maximum Gasteiger partial charge on any atom is -0.0182 e. The molecule has 1 rings (SSSR count). The Morgan fingerprint density at radius 1 is 0.870 bits per heavy atom. The Balaban J connectivity index is 2.42. The van der Waals surface area contributed by atoms with Crippen LogP contribution in [0.3, 0.4) is 0 Å². The van der Waals surface area contributed by atoms with E-state index in [1.165, 1.54) is 50.5 Å². The van der Waals surface area contributed by atoms with Gasteiger partial charge in [-0.25, -0.2) is 0 Å². The summed E-state index contributed by atoms with van der Waals surface area (Å²) in [6.07, 6.45) is 18.6. The van der Waals surface area contributed by atoms with Gasteiger partial charge in [0.05, 0.1) is 0 Å². The predicted molar refractivity (Wildman–Crippen MR) is 106 cm³/mol. The molecule has 0 amide bonds. The summed E-state index contributed by atoms with van der Waals surface area (Å²) < 4.78 is 0. The highest BCUT2D eigenvalue weighted by Crippen LogP contribution is 2.31. The first-order valence-corrected chi connectivity index (χ1v) is 9.44. The molecule has 0 saturated carbocycles. The fraction of sp³-hybridized carbons (Fsp3) is 0.565. The second kappa shape index (κ2) is 11.3. The van der Waals surface area contributed by atoms with E-state index in [9.17, 15) is 0 Å². The molecule has 0 saturated heterocycles. The van der Waals surface area contributed by atoms with E-state index < -0.39 is 0 Å². The van der Waals surface area contributed by atoms with Crippen LogP contribution < -0.4 is 0 Å². The molecule has 0 aliphatic heterocycles. The zero-order valence-corrected chi connectivity index (χ0v) is 15.7. The molecule has 1 aromatic rings. The highest BCUT2D eigenvalue weighted by molar-refractivity contribution is 5.50. The number of allylic oxidation sites excluding steroid dienone is 3. The third-order valence-electron chi connectivity index (χ3n) is 4.52. The van der Waals surface area contributed by atoms with Crippen LogP contribution in [0.5, 0.6) is 0 Å². The van der Waals surface area contributed by atoms with Crippen LogP contribution in [0.25, 0.3) is 6.08 Å². The quantitative estimate of drug-likeness (QED) is 0.307. The predicted octanol–water partition coefficient (Wildman–Crippen LogP) is 7.67. The smallest absolute Gasteiger partial charge is 0.0182 e. The molecule has 0 nitrogen and oxygen atoms in total. The Morgan fingerprint density at radius 3 is 2.17 bits per heavy atom. The van der Waals surface area contributed by atoms with Gasteiger partial charge in [-0.1, -0.05) is 121 Å². The molecule has 0 heterocycles. The van der Waals surface area contributed by atoms with Gasteiger partial charge < -0.3 is 0 Å². The Kier molecular flexibility index (Phi) is 9.67. The second-order valence-corrected chi connectivity index (χ2v) is 7.68. The van der Waals surface area contributed by atoms with Gasteiger partial charge in [0.2, 0.25) is 0 Å². The molecule has 0 spiro atoms. The van der Waals surface area contributed by atoms with Crippen molar-refractivity contribution in [1.82, 2.24) is 0 Å². The molecule has 0 heteroatoms. The first-order valence-electron chi connectivity index (χ1n) is 9.44. The summed E-state index contributed by atoms with van der Waals surface area (Å²) in [6, 6.07) is 10.5. The molecule has 1 aromatic carbocycles. The van der Waals surface area contributed by atoms with Crippen LogP contribution in [0.2, 0.25) is 0 Å². The van der Waals surface area contributed by atoms with E-state index >= 15 is 0 Å². The molecule has 23 heavy (non-hydrogen) atoms. The van der Waals surface area contributed by atoms with Gasteiger partial charge in [0, 0.05) is 0 Å². The Hall–Kier alpha value is -1.30. The highest BCUT2D eigenvalue weighted by Gasteiger charge is 2.21. The summed E-state index contributed by atoms with van der Waals surface area (Å²) in [5.74, 6) is 0.661. The van der Waals surface area contributed by atoms with Gasteiger partial charge in [0.1, 0.15) is 0 Å². The van der Waals surface area contributed by atoms with Crippen molar-refractivity contribution in [3.05, 3.63) is 54.1 Å². The van der Waals surface area contributed by atoms with Crippen molar-refractivity contribution < 1.29 is 0 Å². The van der Waals surface area contributed by atoms with Crippen molar-refractivity contribution >= 4 is 6.08 Å². The van der Waals surface area contributed by atoms with Gasteiger partial charge >= 0.3 is 0 Å². The number of unbranched alkanes of at least 4 members (excludes halogenated alkanes) is 5. The van der Waals surface area contributed by atoms with Gasteiger partial charge in [-0.15, -0.1) is 0 Å². The Morgan fingerprint density at radius 2 is 1.52 bits per heavy atom. The number of benzene rings is 1. The zero-order valence-electron chi connectivity index (χ0n) is 15.7. The topological polar surface area (TPSA) is 0 Å². The summed E-state index contributed by atoms with van der Waals surface area (Å²) in [5.41, 5.74) is 1.61. The lowest BCUT2D eigenvalue weighted by Crippen LogP contribution is -2.18. The largest absolute Gasteiger partial charge is 0.0809 e. The third-order valence-corrected chi connectivity index (χ3v) is 4.52. The lowest BCUT2D eigenvalue weighted by molar-refractivity contribution is 0.271. The fourth-order valence-electron chi connectivity index (χ4n) is 2.89. The summed E-state index contributed by atoms with van der Waals surface area (Å²) in [6.45, 7) is 9.36. The summed E-state index contributed by atoms with van der Waals surface area (Å²) in [4.78, 5) is 0. The van der Waals surface area contributed by atoms with Crippen molar-refractivity contribution in [1.29, 1.82) is 0 Å². The van der Waals surface area contributed by atoms with E-state index in [0.717, 1.165) is 0 Å². The molecule has 128 valence electrons. The van der Waals surface area contributed by atoms with Gasteiger partial charge in [0.25, 0.3) is 0 Å². The minimum Gasteiger partial charge on any atom is -0.0809 e. The van der Waals surface area contributed by atoms with Gasteiger partial charge in [0.15, 0.2) is 0 Å². The number of hydrogen-bond acceptors (Lipinski definition) is 0. The first kappa shape index (κ1) is 19.7. The van der Waals surface area contributed by atoms with E-state index in [1.807, 2.05) is 0 Å². The van der Waals surface area contributed by atoms with Crippen LogP contribution in [0.4, 0.5) is 0 Å². The maximum atomic E-state index is 2.41. The van der Waals surface area contributed by atoms with Crippen molar-refractivity contribution in [3.63, 3.8) is 0 Å². The molecule has 0 aliphatic carbocycles. The van der Waals surface area contributed by atoms with Crippen LogP contribution in [-0.4, -0.2) is 0 Å². The Labute approximate surface area is 144 Å². The lowest BCUT2D eigenvalue weighted by Gasteiger charge is -2.28. The Bertz CT molecular complexity index is 445. The third kappa shape index (κ3) is 9.43. The van der Waals surface area contributed by atoms with Gasteiger partial charge in [-0.2, -0.15) is 0 Å². The van der Waals surface area contributed by atoms with Crippen LogP contribution in [0.15, 0.2) is 48.6 Å². The molecule has 0 fully saturated rings. The second-order valence-electron chi connectivity index (χ2n) is 7.68. The van der Waals surface area contributed by atoms with E-state index in [0.29, 0.717) is 11.3 Å². The van der Waals surface area contributed by atoms with Crippen LogP contribution in [0, 0.1) is 11.3 Å². The van der Waals surface area contributed by atoms with E-state index in [2.05, 4.69) is 82.3 Å². The lowest BCUT2D eigenvalue weighted by atomic mass is 9.77. The average molecular weight is 313 g/mol. The van der Waals surface area contributed by atoms with Crippen molar-refractivity contribution in [2.45, 2.75) is 72.6 Å². The molecule has 0 radical (unpaired) electrons. The molecule has 0 bridgehead atoms. The molecule has 0 aliphatic rings. The van der Waals surface area contributed by atoms with Crippen molar-refractivity contribution in [2.75, 3.05) is 0 Å². The normalized spacial score (nSPS) is 13.9. The maximum absolute atomic E-state index is 2.41. The molecular formula is C23H36. The molecular weight excluding hydrogens is 276 g/mol. The van der Waals surface area contributed by atoms with Crippen LogP contribution in [0.1, 0.15) is 78.2 Å². The monoisotopic (exact) mass is 312 g/mol. The fourth-order valence-corrected chi connectivity index (χ4v) is 2.89. The minimum absolute atomic E-state index is 0.348. The average Bonchev–Trinajstić information content (AvgIpc) is 2.52. The standard InChI is InChI=1S/C23H36/c1-5-6-7-8-9-13-19-22(23(2,3)4)20-15-14-18-21-16-11-10-12-17-21/h10-12,14-18,20,22H,5-9,13,19H2,1-4H3/b18-14+,20-15+. The van der Waals surface area contributed by atoms with Crippen LogP contribution in [-0.2, 0) is 0 Å². The van der Waals surface area contributed by atoms with Crippen molar-refractivity contribution in [2.24, 2.45) is 11.3 Å². The van der Waals surface area contributed by atoms with E-state index in [4.69, 9.17) is 0 Å². The summed E-state index contributed by atoms with van der Waals surface area (Å²) >= 11 is 0. The number of rotatable bonds is 10. The van der Waals surface area contributed by atoms with E-state index in [1.54, 1.807) is 0 Å². The van der Waals surface area contributed by atoms with E-state index in [-0.39, 0.29) is 0 Å². The minimum atomic E-state index is 0.348. The SMILES string of the molecule is CCCCCCCCC(/C=C/C=C/c1ccccc1)C(C)(C)C. The van der Waals surface area contributed by atoms with Gasteiger partial charge in [-0.3, -0.25) is 0 Å². The molecule has 1 atom stereocenters. The summed E-state index contributed by atoms with van der Waals surface area (Å²) in [7, 11) is 0. The van der Waals surface area contributed by atoms with Crippen LogP contribution >= 0.6 is 0 Å².